The van der Waals surface area contributed by atoms with Crippen LogP contribution < -0.4 is 11.5 Å². The molecular weight excluding hydrogens is 142 g/mol. The highest BCUT2D eigenvalue weighted by atomic mass is 16.4. The lowest BCUT2D eigenvalue weighted by Crippen LogP contribution is -2.32. The number of hydrogen-bond acceptors (Lipinski definition) is 3. The van der Waals surface area contributed by atoms with Crippen LogP contribution >= 0.6 is 0 Å². The highest BCUT2D eigenvalue weighted by Gasteiger charge is 2.22. The van der Waals surface area contributed by atoms with E-state index in [1.165, 1.54) is 0 Å². The van der Waals surface area contributed by atoms with Crippen molar-refractivity contribution in [2.75, 3.05) is 6.54 Å². The Morgan fingerprint density at radius 3 is 2.45 bits per heavy atom. The Morgan fingerprint density at radius 2 is 2.09 bits per heavy atom. The summed E-state index contributed by atoms with van der Waals surface area (Å²) in [6.07, 6.45) is 1.74. The van der Waals surface area contributed by atoms with Crippen LogP contribution in [0.25, 0.3) is 0 Å². The quantitative estimate of drug-likeness (QED) is 0.242. The Labute approximate surface area is 67.3 Å². The third kappa shape index (κ3) is 3.23. The average Bonchev–Trinajstić information content (AvgIpc) is 1.99. The second-order valence-electron chi connectivity index (χ2n) is 3.26. The van der Waals surface area contributed by atoms with Gasteiger partial charge in [0.2, 0.25) is 0 Å². The molecule has 0 aromatic heterocycles. The zero-order valence-electron chi connectivity index (χ0n) is 7.17. The number of hydrogen-bond donors (Lipinski definition) is 3. The molecule has 4 heteroatoms. The SMILES string of the molecule is CC(C)(CCCN)/C(N)=N/O. The van der Waals surface area contributed by atoms with E-state index in [9.17, 15) is 0 Å². The molecule has 0 spiro atoms. The van der Waals surface area contributed by atoms with Gasteiger partial charge in [-0.05, 0) is 19.4 Å². The maximum absolute atomic E-state index is 8.40. The summed E-state index contributed by atoms with van der Waals surface area (Å²) in [6.45, 7) is 4.50. The van der Waals surface area contributed by atoms with Crippen LogP contribution in [0.4, 0.5) is 0 Å². The van der Waals surface area contributed by atoms with Crippen molar-refractivity contribution >= 4 is 5.84 Å². The van der Waals surface area contributed by atoms with Crippen LogP contribution in [0.5, 0.6) is 0 Å². The molecule has 0 atom stereocenters. The third-order valence-corrected chi connectivity index (χ3v) is 1.81. The highest BCUT2D eigenvalue weighted by molar-refractivity contribution is 5.85. The van der Waals surface area contributed by atoms with Gasteiger partial charge in [0, 0.05) is 5.41 Å². The summed E-state index contributed by atoms with van der Waals surface area (Å²) in [7, 11) is 0. The molecule has 0 saturated carbocycles. The monoisotopic (exact) mass is 159 g/mol. The van der Waals surface area contributed by atoms with Crippen LogP contribution in [0, 0.1) is 5.41 Å². The predicted molar refractivity (Wildman–Crippen MR) is 45.5 cm³/mol. The summed E-state index contributed by atoms with van der Waals surface area (Å²) in [6, 6.07) is 0. The second-order valence-corrected chi connectivity index (χ2v) is 3.26. The maximum Gasteiger partial charge on any atom is 0.144 e. The summed E-state index contributed by atoms with van der Waals surface area (Å²) in [5, 5.41) is 11.4. The third-order valence-electron chi connectivity index (χ3n) is 1.81. The van der Waals surface area contributed by atoms with Crippen molar-refractivity contribution in [3.63, 3.8) is 0 Å². The molecule has 0 rings (SSSR count). The molecule has 0 amide bonds. The number of nitrogens with zero attached hydrogens (tertiary/aromatic N) is 1. The van der Waals surface area contributed by atoms with Crippen molar-refractivity contribution < 1.29 is 5.21 Å². The first kappa shape index (κ1) is 10.2. The maximum atomic E-state index is 8.40. The predicted octanol–water partition coefficient (Wildman–Crippen LogP) is 0.498. The summed E-state index contributed by atoms with van der Waals surface area (Å²) in [5.41, 5.74) is 10.5. The first-order valence-electron chi connectivity index (χ1n) is 3.72. The fraction of sp³-hybridized carbons (Fsp3) is 0.857. The Kier molecular flexibility index (Phi) is 3.89. The van der Waals surface area contributed by atoms with E-state index < -0.39 is 0 Å². The van der Waals surface area contributed by atoms with Gasteiger partial charge < -0.3 is 16.7 Å². The fourth-order valence-corrected chi connectivity index (χ4v) is 0.807. The molecule has 0 aromatic carbocycles. The topological polar surface area (TPSA) is 84.6 Å². The lowest BCUT2D eigenvalue weighted by atomic mass is 9.87. The Balaban J connectivity index is 3.99. The van der Waals surface area contributed by atoms with E-state index in [4.69, 9.17) is 16.7 Å². The minimum atomic E-state index is -0.242. The van der Waals surface area contributed by atoms with Gasteiger partial charge in [0.05, 0.1) is 0 Å². The fourth-order valence-electron chi connectivity index (χ4n) is 0.807. The Hall–Kier alpha value is -0.770. The van der Waals surface area contributed by atoms with E-state index in [1.54, 1.807) is 0 Å². The molecule has 11 heavy (non-hydrogen) atoms. The minimum absolute atomic E-state index is 0.242. The largest absolute Gasteiger partial charge is 0.409 e. The van der Waals surface area contributed by atoms with Crippen LogP contribution in [-0.2, 0) is 0 Å². The van der Waals surface area contributed by atoms with E-state index >= 15 is 0 Å². The van der Waals surface area contributed by atoms with Crippen LogP contribution in [0.3, 0.4) is 0 Å². The molecule has 0 fully saturated rings. The van der Waals surface area contributed by atoms with E-state index in [1.807, 2.05) is 13.8 Å². The van der Waals surface area contributed by atoms with Crippen molar-refractivity contribution in [2.24, 2.45) is 22.0 Å². The molecule has 0 bridgehead atoms. The van der Waals surface area contributed by atoms with Gasteiger partial charge in [-0.25, -0.2) is 0 Å². The summed E-state index contributed by atoms with van der Waals surface area (Å²) in [4.78, 5) is 0. The van der Waals surface area contributed by atoms with Crippen LogP contribution in [-0.4, -0.2) is 17.6 Å². The standard InChI is InChI=1S/C7H17N3O/c1-7(2,4-3-5-8)6(9)10-11/h11H,3-5,8H2,1-2H3,(H2,9,10). The van der Waals surface area contributed by atoms with Crippen molar-refractivity contribution in [3.8, 4) is 0 Å². The van der Waals surface area contributed by atoms with Crippen LogP contribution in [0.2, 0.25) is 0 Å². The summed E-state index contributed by atoms with van der Waals surface area (Å²) < 4.78 is 0. The molecule has 0 aliphatic heterocycles. The normalized spacial score (nSPS) is 13.5. The molecule has 0 aliphatic rings. The van der Waals surface area contributed by atoms with Gasteiger partial charge >= 0.3 is 0 Å². The van der Waals surface area contributed by atoms with E-state index in [0.29, 0.717) is 6.54 Å². The van der Waals surface area contributed by atoms with Gasteiger partial charge in [0.1, 0.15) is 5.84 Å². The van der Waals surface area contributed by atoms with Crippen molar-refractivity contribution in [1.82, 2.24) is 0 Å². The van der Waals surface area contributed by atoms with Gasteiger partial charge in [0.25, 0.3) is 0 Å². The van der Waals surface area contributed by atoms with E-state index in [2.05, 4.69) is 5.16 Å². The summed E-state index contributed by atoms with van der Waals surface area (Å²) in [5.74, 6) is 0.269. The van der Waals surface area contributed by atoms with Crippen LogP contribution in [0.15, 0.2) is 5.16 Å². The molecule has 0 aliphatic carbocycles. The zero-order valence-corrected chi connectivity index (χ0v) is 7.17. The van der Waals surface area contributed by atoms with Crippen molar-refractivity contribution in [3.05, 3.63) is 0 Å². The zero-order chi connectivity index (χ0) is 8.91. The van der Waals surface area contributed by atoms with Crippen molar-refractivity contribution in [2.45, 2.75) is 26.7 Å². The molecule has 0 radical (unpaired) electrons. The molecular formula is C7H17N3O. The minimum Gasteiger partial charge on any atom is -0.409 e. The first-order valence-corrected chi connectivity index (χ1v) is 3.72. The molecule has 0 aromatic rings. The highest BCUT2D eigenvalue weighted by Crippen LogP contribution is 2.21. The average molecular weight is 159 g/mol. The lowest BCUT2D eigenvalue weighted by molar-refractivity contribution is 0.305. The molecule has 0 saturated heterocycles. The van der Waals surface area contributed by atoms with Gasteiger partial charge in [-0.3, -0.25) is 0 Å². The van der Waals surface area contributed by atoms with Crippen molar-refractivity contribution in [1.29, 1.82) is 0 Å². The smallest absolute Gasteiger partial charge is 0.144 e. The van der Waals surface area contributed by atoms with Gasteiger partial charge in [-0.15, -0.1) is 0 Å². The molecule has 5 N–H and O–H groups in total. The lowest BCUT2D eigenvalue weighted by Gasteiger charge is -2.21. The summed E-state index contributed by atoms with van der Waals surface area (Å²) >= 11 is 0. The number of oxime groups is 1. The van der Waals surface area contributed by atoms with Gasteiger partial charge in [-0.2, -0.15) is 0 Å². The van der Waals surface area contributed by atoms with E-state index in [0.717, 1.165) is 12.8 Å². The molecule has 0 unspecified atom stereocenters. The first-order chi connectivity index (χ1) is 5.04. The number of amidine groups is 1. The Bertz CT molecular complexity index is 143. The van der Waals surface area contributed by atoms with Gasteiger partial charge in [-0.1, -0.05) is 19.0 Å². The number of rotatable bonds is 4. The van der Waals surface area contributed by atoms with Crippen LogP contribution in [0.1, 0.15) is 26.7 Å². The Morgan fingerprint density at radius 1 is 1.55 bits per heavy atom. The molecule has 0 heterocycles. The molecule has 66 valence electrons. The molecule has 4 nitrogen and oxygen atoms in total. The van der Waals surface area contributed by atoms with E-state index in [-0.39, 0.29) is 11.3 Å². The number of nitrogens with two attached hydrogens (primary N) is 2. The van der Waals surface area contributed by atoms with Gasteiger partial charge in [0.15, 0.2) is 0 Å². The second kappa shape index (κ2) is 4.18.